The standard InChI is InChI=1S/C22H22N4O3S/c1-4-14(2)15-9-11-16(12-10-15)25-20(28)17-7-5-6-8-18(17)26-21(25)23-24-22(26)30-13-19(27)29-3/h5-12,14H,4,13H2,1-3H3/t14-/m1/s1. The second-order valence-electron chi connectivity index (χ2n) is 7.04. The van der Waals surface area contributed by atoms with Crippen LogP contribution in [0, 0.1) is 0 Å². The highest BCUT2D eigenvalue weighted by atomic mass is 32.2. The molecule has 0 aliphatic rings. The summed E-state index contributed by atoms with van der Waals surface area (Å²) in [5.41, 5.74) is 2.48. The normalized spacial score (nSPS) is 12.4. The lowest BCUT2D eigenvalue weighted by molar-refractivity contribution is -0.137. The van der Waals surface area contributed by atoms with Crippen molar-refractivity contribution >= 4 is 34.4 Å². The summed E-state index contributed by atoms with van der Waals surface area (Å²) < 4.78 is 8.11. The zero-order valence-electron chi connectivity index (χ0n) is 17.0. The molecule has 8 heteroatoms. The van der Waals surface area contributed by atoms with Gasteiger partial charge >= 0.3 is 5.97 Å². The molecular formula is C22H22N4O3S. The van der Waals surface area contributed by atoms with Gasteiger partial charge in [-0.3, -0.25) is 14.0 Å². The van der Waals surface area contributed by atoms with Gasteiger partial charge in [0.25, 0.3) is 5.56 Å². The second-order valence-corrected chi connectivity index (χ2v) is 7.98. The molecule has 1 atom stereocenters. The van der Waals surface area contributed by atoms with Crippen LogP contribution < -0.4 is 5.56 Å². The van der Waals surface area contributed by atoms with E-state index in [1.807, 2.05) is 46.9 Å². The number of hydrogen-bond acceptors (Lipinski definition) is 6. The Hall–Kier alpha value is -3.13. The van der Waals surface area contributed by atoms with E-state index in [1.54, 1.807) is 10.6 Å². The first-order valence-corrected chi connectivity index (χ1v) is 10.7. The fourth-order valence-corrected chi connectivity index (χ4v) is 4.15. The number of fused-ring (bicyclic) bond motifs is 3. The fourth-order valence-electron chi connectivity index (χ4n) is 3.37. The largest absolute Gasteiger partial charge is 0.468 e. The van der Waals surface area contributed by atoms with Crippen LogP contribution in [0.2, 0.25) is 0 Å². The van der Waals surface area contributed by atoms with Crippen molar-refractivity contribution < 1.29 is 9.53 Å². The smallest absolute Gasteiger partial charge is 0.316 e. The zero-order valence-corrected chi connectivity index (χ0v) is 17.8. The van der Waals surface area contributed by atoms with Gasteiger partial charge in [0.15, 0.2) is 5.16 Å². The van der Waals surface area contributed by atoms with Crippen LogP contribution in [-0.2, 0) is 9.53 Å². The molecule has 2 heterocycles. The van der Waals surface area contributed by atoms with E-state index in [2.05, 4.69) is 24.0 Å². The Morgan fingerprint density at radius 2 is 1.87 bits per heavy atom. The van der Waals surface area contributed by atoms with Gasteiger partial charge in [-0.15, -0.1) is 10.2 Å². The molecule has 0 N–H and O–H groups in total. The number of nitrogens with zero attached hydrogens (tertiary/aromatic N) is 4. The van der Waals surface area contributed by atoms with E-state index in [1.165, 1.54) is 24.4 Å². The fraction of sp³-hybridized carbons (Fsp3) is 0.273. The van der Waals surface area contributed by atoms with E-state index in [0.29, 0.717) is 27.8 Å². The highest BCUT2D eigenvalue weighted by Gasteiger charge is 2.18. The second kappa shape index (κ2) is 8.31. The Morgan fingerprint density at radius 3 is 2.57 bits per heavy atom. The predicted octanol–water partition coefficient (Wildman–Crippen LogP) is 3.81. The molecule has 0 fully saturated rings. The number of aromatic nitrogens is 4. The summed E-state index contributed by atoms with van der Waals surface area (Å²) in [6.45, 7) is 4.33. The van der Waals surface area contributed by atoms with Crippen molar-refractivity contribution in [3.63, 3.8) is 0 Å². The van der Waals surface area contributed by atoms with Crippen molar-refractivity contribution in [1.29, 1.82) is 0 Å². The molecule has 30 heavy (non-hydrogen) atoms. The summed E-state index contributed by atoms with van der Waals surface area (Å²) in [5, 5.41) is 9.61. The molecule has 154 valence electrons. The predicted molar refractivity (Wildman–Crippen MR) is 118 cm³/mol. The van der Waals surface area contributed by atoms with Crippen molar-refractivity contribution in [2.45, 2.75) is 31.3 Å². The summed E-state index contributed by atoms with van der Waals surface area (Å²) in [4.78, 5) is 24.9. The number of ether oxygens (including phenoxy) is 1. The molecular weight excluding hydrogens is 400 g/mol. The van der Waals surface area contributed by atoms with Gasteiger partial charge in [0, 0.05) is 0 Å². The van der Waals surface area contributed by atoms with Gasteiger partial charge in [0.1, 0.15) is 0 Å². The number of benzene rings is 2. The molecule has 4 rings (SSSR count). The van der Waals surface area contributed by atoms with Crippen molar-refractivity contribution in [1.82, 2.24) is 19.2 Å². The van der Waals surface area contributed by atoms with Gasteiger partial charge in [-0.25, -0.2) is 4.57 Å². The SMILES string of the molecule is CC[C@@H](C)c1ccc(-n2c(=O)c3ccccc3n3c(SCC(=O)OC)nnc23)cc1. The van der Waals surface area contributed by atoms with Gasteiger partial charge < -0.3 is 4.74 Å². The van der Waals surface area contributed by atoms with Crippen LogP contribution in [0.4, 0.5) is 0 Å². The lowest BCUT2D eigenvalue weighted by atomic mass is 9.98. The van der Waals surface area contributed by atoms with Gasteiger partial charge in [0.05, 0.1) is 29.5 Å². The molecule has 7 nitrogen and oxygen atoms in total. The third kappa shape index (κ3) is 3.47. The zero-order chi connectivity index (χ0) is 21.3. The third-order valence-electron chi connectivity index (χ3n) is 5.27. The highest BCUT2D eigenvalue weighted by Crippen LogP contribution is 2.24. The summed E-state index contributed by atoms with van der Waals surface area (Å²) in [7, 11) is 1.35. The van der Waals surface area contributed by atoms with Crippen molar-refractivity contribution in [3.05, 3.63) is 64.4 Å². The average Bonchev–Trinajstić information content (AvgIpc) is 3.21. The van der Waals surface area contributed by atoms with Crippen molar-refractivity contribution in [2.24, 2.45) is 0 Å². The molecule has 0 aliphatic heterocycles. The summed E-state index contributed by atoms with van der Waals surface area (Å²) in [6, 6.07) is 15.3. The first-order chi connectivity index (χ1) is 14.5. The molecule has 0 bridgehead atoms. The van der Waals surface area contributed by atoms with E-state index in [4.69, 9.17) is 4.74 Å². The number of hydrogen-bond donors (Lipinski definition) is 0. The minimum absolute atomic E-state index is 0.106. The summed E-state index contributed by atoms with van der Waals surface area (Å²) in [5.74, 6) is 0.605. The number of carbonyl (C=O) groups is 1. The van der Waals surface area contributed by atoms with Gasteiger partial charge in [-0.05, 0) is 42.2 Å². The highest BCUT2D eigenvalue weighted by molar-refractivity contribution is 7.99. The number of carbonyl (C=O) groups excluding carboxylic acids is 1. The van der Waals surface area contributed by atoms with E-state index in [0.717, 1.165) is 12.1 Å². The maximum atomic E-state index is 13.3. The average molecular weight is 423 g/mol. The molecule has 2 aromatic carbocycles. The monoisotopic (exact) mass is 422 g/mol. The number of methoxy groups -OCH3 is 1. The Balaban J connectivity index is 1.93. The van der Waals surface area contributed by atoms with Gasteiger partial charge in [-0.2, -0.15) is 0 Å². The van der Waals surface area contributed by atoms with Crippen LogP contribution >= 0.6 is 11.8 Å². The van der Waals surface area contributed by atoms with Crippen LogP contribution in [0.3, 0.4) is 0 Å². The molecule has 4 aromatic rings. The Bertz CT molecular complexity index is 1280. The number of rotatable bonds is 6. The minimum Gasteiger partial charge on any atom is -0.468 e. The lowest BCUT2D eigenvalue weighted by Gasteiger charge is -2.13. The van der Waals surface area contributed by atoms with Crippen LogP contribution in [-0.4, -0.2) is 38.0 Å². The van der Waals surface area contributed by atoms with Crippen LogP contribution in [0.5, 0.6) is 0 Å². The van der Waals surface area contributed by atoms with E-state index in [9.17, 15) is 9.59 Å². The van der Waals surface area contributed by atoms with Crippen LogP contribution in [0.15, 0.2) is 58.5 Å². The number of para-hydroxylation sites is 1. The first kappa shape index (κ1) is 20.2. The Kier molecular flexibility index (Phi) is 5.59. The molecule has 0 saturated carbocycles. The third-order valence-corrected chi connectivity index (χ3v) is 6.18. The van der Waals surface area contributed by atoms with Gasteiger partial charge in [0.2, 0.25) is 5.78 Å². The minimum atomic E-state index is -0.352. The molecule has 0 radical (unpaired) electrons. The number of esters is 1. The van der Waals surface area contributed by atoms with E-state index >= 15 is 0 Å². The van der Waals surface area contributed by atoms with Gasteiger partial charge in [-0.1, -0.05) is 49.9 Å². The number of thioether (sulfide) groups is 1. The molecule has 0 spiro atoms. The summed E-state index contributed by atoms with van der Waals surface area (Å²) in [6.07, 6.45) is 1.05. The van der Waals surface area contributed by atoms with Crippen LogP contribution in [0.25, 0.3) is 22.4 Å². The van der Waals surface area contributed by atoms with E-state index in [-0.39, 0.29) is 17.3 Å². The van der Waals surface area contributed by atoms with Crippen LogP contribution in [0.1, 0.15) is 31.7 Å². The molecule has 0 amide bonds. The topological polar surface area (TPSA) is 78.5 Å². The van der Waals surface area contributed by atoms with Crippen molar-refractivity contribution in [2.75, 3.05) is 12.9 Å². The molecule has 0 aliphatic carbocycles. The Labute approximate surface area is 177 Å². The quantitative estimate of drug-likeness (QED) is 0.347. The maximum Gasteiger partial charge on any atom is 0.316 e. The first-order valence-electron chi connectivity index (χ1n) is 9.74. The Morgan fingerprint density at radius 1 is 1.13 bits per heavy atom. The molecule has 0 unspecified atom stereocenters. The summed E-state index contributed by atoms with van der Waals surface area (Å²) >= 11 is 1.22. The molecule has 2 aromatic heterocycles. The lowest BCUT2D eigenvalue weighted by Crippen LogP contribution is -2.22. The molecule has 0 saturated heterocycles. The van der Waals surface area contributed by atoms with E-state index < -0.39 is 0 Å². The van der Waals surface area contributed by atoms with Crippen molar-refractivity contribution in [3.8, 4) is 5.69 Å². The maximum absolute atomic E-state index is 13.3.